The fourth-order valence-electron chi connectivity index (χ4n) is 3.38. The molecule has 0 aliphatic heterocycles. The van der Waals surface area contributed by atoms with E-state index in [1.807, 2.05) is 31.2 Å². The van der Waals surface area contributed by atoms with Crippen molar-refractivity contribution in [2.24, 2.45) is 5.92 Å². The highest BCUT2D eigenvalue weighted by molar-refractivity contribution is 5.30. The molecule has 3 atom stereocenters. The summed E-state index contributed by atoms with van der Waals surface area (Å²) in [4.78, 5) is 0. The molecule has 0 heterocycles. The van der Waals surface area contributed by atoms with E-state index in [9.17, 15) is 5.11 Å². The van der Waals surface area contributed by atoms with Crippen molar-refractivity contribution in [3.63, 3.8) is 0 Å². The minimum Gasteiger partial charge on any atom is -0.497 e. The van der Waals surface area contributed by atoms with E-state index in [0.29, 0.717) is 12.5 Å². The Morgan fingerprint density at radius 3 is 2.60 bits per heavy atom. The molecule has 0 radical (unpaired) electrons. The van der Waals surface area contributed by atoms with Gasteiger partial charge in [-0.1, -0.05) is 31.9 Å². The van der Waals surface area contributed by atoms with Crippen LogP contribution in [-0.2, 0) is 4.74 Å². The maximum absolute atomic E-state index is 10.8. The summed E-state index contributed by atoms with van der Waals surface area (Å²) in [5.74, 6) is 1.41. The molecule has 1 fully saturated rings. The van der Waals surface area contributed by atoms with Gasteiger partial charge in [-0.15, -0.1) is 0 Å². The molecular formula is C17H26O3. The molecule has 20 heavy (non-hydrogen) atoms. The van der Waals surface area contributed by atoms with E-state index >= 15 is 0 Å². The highest BCUT2D eigenvalue weighted by Crippen LogP contribution is 2.43. The number of aliphatic hydroxyl groups excluding tert-OH is 1. The third-order valence-corrected chi connectivity index (χ3v) is 4.35. The molecule has 1 saturated carbocycles. The summed E-state index contributed by atoms with van der Waals surface area (Å²) < 4.78 is 11.2. The minimum absolute atomic E-state index is 0.430. The lowest BCUT2D eigenvalue weighted by molar-refractivity contribution is -0.150. The minimum atomic E-state index is -0.573. The monoisotopic (exact) mass is 278 g/mol. The second kappa shape index (κ2) is 6.59. The first kappa shape index (κ1) is 15.3. The van der Waals surface area contributed by atoms with Gasteiger partial charge >= 0.3 is 0 Å². The van der Waals surface area contributed by atoms with Crippen LogP contribution in [0, 0.1) is 5.92 Å². The molecule has 1 N–H and O–H groups in total. The standard InChI is InChI=1S/C17H26O3/c1-4-20-17(11-5-6-13(2)12-17)16(18)14-7-9-15(19-3)10-8-14/h7-10,13,16,18H,4-6,11-12H2,1-3H3. The second-order valence-electron chi connectivity index (χ2n) is 5.88. The summed E-state index contributed by atoms with van der Waals surface area (Å²) in [6.45, 7) is 4.88. The predicted molar refractivity (Wildman–Crippen MR) is 79.9 cm³/mol. The molecule has 0 amide bonds. The van der Waals surface area contributed by atoms with Crippen molar-refractivity contribution in [1.29, 1.82) is 0 Å². The van der Waals surface area contributed by atoms with Crippen LogP contribution >= 0.6 is 0 Å². The van der Waals surface area contributed by atoms with Gasteiger partial charge in [-0.25, -0.2) is 0 Å². The van der Waals surface area contributed by atoms with Gasteiger partial charge in [0.2, 0.25) is 0 Å². The predicted octanol–water partition coefficient (Wildman–Crippen LogP) is 3.71. The molecular weight excluding hydrogens is 252 g/mol. The Morgan fingerprint density at radius 1 is 1.35 bits per heavy atom. The Bertz CT molecular complexity index is 411. The third kappa shape index (κ3) is 3.15. The van der Waals surface area contributed by atoms with Crippen molar-refractivity contribution in [1.82, 2.24) is 0 Å². The first-order valence-corrected chi connectivity index (χ1v) is 7.57. The number of hydrogen-bond donors (Lipinski definition) is 1. The highest BCUT2D eigenvalue weighted by Gasteiger charge is 2.42. The van der Waals surface area contributed by atoms with E-state index in [2.05, 4.69) is 6.92 Å². The zero-order valence-electron chi connectivity index (χ0n) is 12.8. The molecule has 3 nitrogen and oxygen atoms in total. The van der Waals surface area contributed by atoms with Crippen LogP contribution in [0.3, 0.4) is 0 Å². The van der Waals surface area contributed by atoms with Crippen LogP contribution < -0.4 is 4.74 Å². The first-order valence-electron chi connectivity index (χ1n) is 7.57. The van der Waals surface area contributed by atoms with E-state index in [-0.39, 0.29) is 0 Å². The van der Waals surface area contributed by atoms with Gasteiger partial charge in [0.1, 0.15) is 11.9 Å². The fourth-order valence-corrected chi connectivity index (χ4v) is 3.38. The molecule has 1 aliphatic rings. The van der Waals surface area contributed by atoms with Crippen LogP contribution in [0.1, 0.15) is 51.2 Å². The van der Waals surface area contributed by atoms with E-state index < -0.39 is 11.7 Å². The fraction of sp³-hybridized carbons (Fsp3) is 0.647. The maximum atomic E-state index is 10.8. The van der Waals surface area contributed by atoms with Crippen molar-refractivity contribution in [3.8, 4) is 5.75 Å². The molecule has 1 aliphatic carbocycles. The Morgan fingerprint density at radius 2 is 2.05 bits per heavy atom. The van der Waals surface area contributed by atoms with Gasteiger partial charge in [0.05, 0.1) is 12.7 Å². The van der Waals surface area contributed by atoms with E-state index in [1.54, 1.807) is 7.11 Å². The van der Waals surface area contributed by atoms with Crippen LogP contribution in [0.25, 0.3) is 0 Å². The average molecular weight is 278 g/mol. The van der Waals surface area contributed by atoms with Gasteiger partial charge in [-0.3, -0.25) is 0 Å². The molecule has 1 aromatic carbocycles. The Kier molecular flexibility index (Phi) is 5.06. The maximum Gasteiger partial charge on any atom is 0.118 e. The van der Waals surface area contributed by atoms with Gasteiger partial charge in [0.25, 0.3) is 0 Å². The van der Waals surface area contributed by atoms with Crippen molar-refractivity contribution in [2.75, 3.05) is 13.7 Å². The highest BCUT2D eigenvalue weighted by atomic mass is 16.5. The zero-order valence-corrected chi connectivity index (χ0v) is 12.8. The van der Waals surface area contributed by atoms with Crippen molar-refractivity contribution < 1.29 is 14.6 Å². The van der Waals surface area contributed by atoms with Crippen LogP contribution in [0.2, 0.25) is 0 Å². The van der Waals surface area contributed by atoms with Crippen LogP contribution in [0.5, 0.6) is 5.75 Å². The van der Waals surface area contributed by atoms with Crippen molar-refractivity contribution in [2.45, 2.75) is 51.2 Å². The Labute approximate surface area is 121 Å². The van der Waals surface area contributed by atoms with Gasteiger partial charge in [0.15, 0.2) is 0 Å². The quantitative estimate of drug-likeness (QED) is 0.892. The third-order valence-electron chi connectivity index (χ3n) is 4.35. The van der Waals surface area contributed by atoms with Gasteiger partial charge in [-0.2, -0.15) is 0 Å². The molecule has 112 valence electrons. The lowest BCUT2D eigenvalue weighted by Gasteiger charge is -2.43. The second-order valence-corrected chi connectivity index (χ2v) is 5.88. The summed E-state index contributed by atoms with van der Waals surface area (Å²) in [5.41, 5.74) is 0.481. The molecule has 0 aromatic heterocycles. The molecule has 3 heteroatoms. The van der Waals surface area contributed by atoms with Gasteiger partial charge < -0.3 is 14.6 Å². The summed E-state index contributed by atoms with van der Waals surface area (Å²) in [6, 6.07) is 7.65. The van der Waals surface area contributed by atoms with Crippen molar-refractivity contribution in [3.05, 3.63) is 29.8 Å². The number of aliphatic hydroxyl groups is 1. The van der Waals surface area contributed by atoms with Crippen molar-refractivity contribution >= 4 is 0 Å². The largest absolute Gasteiger partial charge is 0.497 e. The summed E-state index contributed by atoms with van der Waals surface area (Å²) in [5, 5.41) is 10.8. The molecule has 0 spiro atoms. The van der Waals surface area contributed by atoms with Crippen LogP contribution in [-0.4, -0.2) is 24.4 Å². The van der Waals surface area contributed by atoms with Crippen LogP contribution in [0.15, 0.2) is 24.3 Å². The molecule has 0 saturated heterocycles. The number of ether oxygens (including phenoxy) is 2. The topological polar surface area (TPSA) is 38.7 Å². The lowest BCUT2D eigenvalue weighted by Crippen LogP contribution is -2.43. The van der Waals surface area contributed by atoms with E-state index in [4.69, 9.17) is 9.47 Å². The summed E-state index contributed by atoms with van der Waals surface area (Å²) in [6.07, 6.45) is 3.63. The van der Waals surface area contributed by atoms with Crippen LogP contribution in [0.4, 0.5) is 0 Å². The average Bonchev–Trinajstić information content (AvgIpc) is 2.47. The van der Waals surface area contributed by atoms with E-state index in [1.165, 1.54) is 6.42 Å². The summed E-state index contributed by atoms with van der Waals surface area (Å²) >= 11 is 0. The zero-order chi connectivity index (χ0) is 14.6. The number of hydrogen-bond acceptors (Lipinski definition) is 3. The number of methoxy groups -OCH3 is 1. The lowest BCUT2D eigenvalue weighted by atomic mass is 9.74. The molecule has 0 bridgehead atoms. The first-order chi connectivity index (χ1) is 9.61. The SMILES string of the molecule is CCOC1(C(O)c2ccc(OC)cc2)CCCC(C)C1. The molecule has 1 aromatic rings. The summed E-state index contributed by atoms with van der Waals surface area (Å²) in [7, 11) is 1.65. The Hall–Kier alpha value is -1.06. The normalized spacial score (nSPS) is 28.1. The number of rotatable bonds is 5. The van der Waals surface area contributed by atoms with Gasteiger partial charge in [0, 0.05) is 6.61 Å². The Balaban J connectivity index is 2.22. The number of benzene rings is 1. The van der Waals surface area contributed by atoms with Gasteiger partial charge in [-0.05, 0) is 43.4 Å². The molecule has 2 rings (SSSR count). The van der Waals surface area contributed by atoms with E-state index in [0.717, 1.165) is 30.6 Å². The smallest absolute Gasteiger partial charge is 0.118 e. The molecule has 3 unspecified atom stereocenters.